The molecule has 5 nitrogen and oxygen atoms in total. The zero-order valence-corrected chi connectivity index (χ0v) is 16.8. The highest BCUT2D eigenvalue weighted by Crippen LogP contribution is 2.28. The third-order valence-electron chi connectivity index (χ3n) is 2.68. The second-order valence-corrected chi connectivity index (χ2v) is 7.10. The van der Waals surface area contributed by atoms with Gasteiger partial charge in [-0.15, -0.1) is 0 Å². The van der Waals surface area contributed by atoms with Gasteiger partial charge in [0.25, 0.3) is 10.1 Å². The van der Waals surface area contributed by atoms with Gasteiger partial charge in [0.05, 0.1) is 6.26 Å². The minimum absolute atomic E-state index is 0.0181. The Balaban J connectivity index is 0.00000254. The van der Waals surface area contributed by atoms with Crippen LogP contribution in [0.2, 0.25) is 0 Å². The van der Waals surface area contributed by atoms with Gasteiger partial charge in [-0.3, -0.25) is 4.18 Å². The first kappa shape index (κ1) is 22.8. The molecule has 138 valence electrons. The standard InChI is InChI=1S/C15H21ClO5S.C2H6/c1-11-9-14(19-6-5-13(3)16)10-12(2)15(11)20-7-8-21-22(4,17)18;1-2/h5,9-10H,6-8H2,1-4H3;1-2H3/b13-5+;. The second kappa shape index (κ2) is 11.3. The highest BCUT2D eigenvalue weighted by atomic mass is 35.5. The Morgan fingerprint density at radius 2 is 1.67 bits per heavy atom. The van der Waals surface area contributed by atoms with Gasteiger partial charge in [-0.1, -0.05) is 25.4 Å². The molecule has 0 bridgehead atoms. The monoisotopic (exact) mass is 378 g/mol. The van der Waals surface area contributed by atoms with Crippen LogP contribution in [-0.4, -0.2) is 34.5 Å². The first-order valence-electron chi connectivity index (χ1n) is 7.72. The first-order valence-corrected chi connectivity index (χ1v) is 9.92. The number of hydrogen-bond acceptors (Lipinski definition) is 5. The normalized spacial score (nSPS) is 11.5. The lowest BCUT2D eigenvalue weighted by atomic mass is 10.1. The van der Waals surface area contributed by atoms with Crippen molar-refractivity contribution >= 4 is 21.7 Å². The Kier molecular flexibility index (Phi) is 10.8. The topological polar surface area (TPSA) is 61.8 Å². The van der Waals surface area contributed by atoms with Crippen LogP contribution in [0.1, 0.15) is 31.9 Å². The van der Waals surface area contributed by atoms with Gasteiger partial charge in [-0.2, -0.15) is 8.42 Å². The lowest BCUT2D eigenvalue weighted by Gasteiger charge is -2.14. The molecule has 0 unspecified atom stereocenters. The van der Waals surface area contributed by atoms with E-state index in [2.05, 4.69) is 4.18 Å². The summed E-state index contributed by atoms with van der Waals surface area (Å²) in [5.74, 6) is 1.43. The maximum absolute atomic E-state index is 10.9. The van der Waals surface area contributed by atoms with E-state index in [-0.39, 0.29) is 13.2 Å². The van der Waals surface area contributed by atoms with Crippen molar-refractivity contribution < 1.29 is 22.1 Å². The number of hydrogen-bond donors (Lipinski definition) is 0. The summed E-state index contributed by atoms with van der Waals surface area (Å²) in [4.78, 5) is 0. The van der Waals surface area contributed by atoms with Crippen molar-refractivity contribution in [3.63, 3.8) is 0 Å². The van der Waals surface area contributed by atoms with Gasteiger partial charge in [-0.05, 0) is 50.1 Å². The molecular weight excluding hydrogens is 352 g/mol. The van der Waals surface area contributed by atoms with E-state index in [1.54, 1.807) is 13.0 Å². The minimum Gasteiger partial charge on any atom is -0.491 e. The first-order chi connectivity index (χ1) is 11.2. The minimum atomic E-state index is -3.44. The van der Waals surface area contributed by atoms with E-state index in [1.165, 1.54) is 0 Å². The smallest absolute Gasteiger partial charge is 0.264 e. The third kappa shape index (κ3) is 9.80. The zero-order valence-electron chi connectivity index (χ0n) is 15.2. The number of aryl methyl sites for hydroxylation is 2. The molecule has 1 rings (SSSR count). The zero-order chi connectivity index (χ0) is 18.8. The summed E-state index contributed by atoms with van der Waals surface area (Å²) in [6.07, 6.45) is 2.78. The Labute approximate surface area is 150 Å². The average Bonchev–Trinajstić information content (AvgIpc) is 2.46. The molecule has 24 heavy (non-hydrogen) atoms. The summed E-state index contributed by atoms with van der Waals surface area (Å²) in [5, 5.41) is 0.680. The van der Waals surface area contributed by atoms with E-state index in [1.807, 2.05) is 39.8 Å². The summed E-state index contributed by atoms with van der Waals surface area (Å²) >= 11 is 5.74. The van der Waals surface area contributed by atoms with Crippen LogP contribution in [0.15, 0.2) is 23.2 Å². The molecule has 7 heteroatoms. The fourth-order valence-corrected chi connectivity index (χ4v) is 2.24. The molecule has 0 aliphatic heterocycles. The maximum Gasteiger partial charge on any atom is 0.264 e. The molecule has 1 aromatic carbocycles. The van der Waals surface area contributed by atoms with Crippen molar-refractivity contribution in [1.29, 1.82) is 0 Å². The van der Waals surface area contributed by atoms with Crippen LogP contribution in [0.5, 0.6) is 11.5 Å². The number of halogens is 1. The van der Waals surface area contributed by atoms with Crippen molar-refractivity contribution in [2.24, 2.45) is 0 Å². The van der Waals surface area contributed by atoms with Gasteiger partial charge in [0.15, 0.2) is 0 Å². The SMILES string of the molecule is C/C(Cl)=C\COc1cc(C)c(OCCOS(C)(=O)=O)c(C)c1.CC. The summed E-state index contributed by atoms with van der Waals surface area (Å²) in [6.45, 7) is 10.1. The summed E-state index contributed by atoms with van der Waals surface area (Å²) in [5.41, 5.74) is 1.81. The number of allylic oxidation sites excluding steroid dienone is 1. The lowest BCUT2D eigenvalue weighted by molar-refractivity contribution is 0.220. The maximum atomic E-state index is 10.9. The van der Waals surface area contributed by atoms with Crippen molar-refractivity contribution in [3.8, 4) is 11.5 Å². The molecule has 0 N–H and O–H groups in total. The van der Waals surface area contributed by atoms with E-state index in [0.717, 1.165) is 23.1 Å². The highest BCUT2D eigenvalue weighted by Gasteiger charge is 2.08. The van der Waals surface area contributed by atoms with Crippen molar-refractivity contribution in [3.05, 3.63) is 34.4 Å². The third-order valence-corrected chi connectivity index (χ3v) is 3.42. The van der Waals surface area contributed by atoms with Gasteiger partial charge < -0.3 is 9.47 Å². The van der Waals surface area contributed by atoms with Gasteiger partial charge in [-0.25, -0.2) is 0 Å². The molecule has 0 fully saturated rings. The molecular formula is C17H27ClO5S. The summed E-state index contributed by atoms with van der Waals surface area (Å²) in [6, 6.07) is 3.72. The molecule has 1 aromatic rings. The van der Waals surface area contributed by atoms with Crippen molar-refractivity contribution in [2.45, 2.75) is 34.6 Å². The Morgan fingerprint density at radius 1 is 1.12 bits per heavy atom. The molecule has 0 aliphatic carbocycles. The van der Waals surface area contributed by atoms with E-state index < -0.39 is 10.1 Å². The van der Waals surface area contributed by atoms with Crippen LogP contribution < -0.4 is 9.47 Å². The molecule has 0 aliphatic rings. The molecule has 0 heterocycles. The van der Waals surface area contributed by atoms with Crippen molar-refractivity contribution in [2.75, 3.05) is 26.1 Å². The summed E-state index contributed by atoms with van der Waals surface area (Å²) < 4.78 is 37.5. The van der Waals surface area contributed by atoms with E-state index >= 15 is 0 Å². The Morgan fingerprint density at radius 3 is 2.12 bits per heavy atom. The largest absolute Gasteiger partial charge is 0.491 e. The molecule has 0 radical (unpaired) electrons. The molecule has 0 saturated carbocycles. The van der Waals surface area contributed by atoms with Gasteiger partial charge >= 0.3 is 0 Å². The molecule has 0 saturated heterocycles. The van der Waals surface area contributed by atoms with Crippen LogP contribution in [0.3, 0.4) is 0 Å². The molecule has 0 spiro atoms. The van der Waals surface area contributed by atoms with E-state index in [9.17, 15) is 8.42 Å². The average molecular weight is 379 g/mol. The number of ether oxygens (including phenoxy) is 2. The van der Waals surface area contributed by atoms with Crippen LogP contribution in [0.4, 0.5) is 0 Å². The second-order valence-electron chi connectivity index (χ2n) is 4.86. The number of benzene rings is 1. The van der Waals surface area contributed by atoms with Gasteiger partial charge in [0, 0.05) is 5.03 Å². The lowest BCUT2D eigenvalue weighted by Crippen LogP contribution is -2.12. The fourth-order valence-electron chi connectivity index (χ4n) is 1.80. The van der Waals surface area contributed by atoms with Gasteiger partial charge in [0.2, 0.25) is 0 Å². The molecule has 0 aromatic heterocycles. The fraction of sp³-hybridized carbons (Fsp3) is 0.529. The quantitative estimate of drug-likeness (QED) is 0.501. The van der Waals surface area contributed by atoms with Gasteiger partial charge in [0.1, 0.15) is 31.3 Å². The van der Waals surface area contributed by atoms with Crippen LogP contribution in [0.25, 0.3) is 0 Å². The highest BCUT2D eigenvalue weighted by molar-refractivity contribution is 7.85. The summed E-state index contributed by atoms with van der Waals surface area (Å²) in [7, 11) is -3.44. The Hall–Kier alpha value is -1.24. The predicted molar refractivity (Wildman–Crippen MR) is 98.7 cm³/mol. The predicted octanol–water partition coefficient (Wildman–Crippen LogP) is 4.21. The van der Waals surface area contributed by atoms with Crippen LogP contribution >= 0.6 is 11.6 Å². The molecule has 0 atom stereocenters. The number of rotatable bonds is 8. The van der Waals surface area contributed by atoms with E-state index in [0.29, 0.717) is 17.4 Å². The van der Waals surface area contributed by atoms with Crippen molar-refractivity contribution in [1.82, 2.24) is 0 Å². The molecule has 0 amide bonds. The van der Waals surface area contributed by atoms with Crippen LogP contribution in [0, 0.1) is 13.8 Å². The Bertz CT molecular complexity index is 611. The van der Waals surface area contributed by atoms with E-state index in [4.69, 9.17) is 21.1 Å². The van der Waals surface area contributed by atoms with Crippen LogP contribution in [-0.2, 0) is 14.3 Å².